The van der Waals surface area contributed by atoms with Crippen LogP contribution in [-0.2, 0) is 6.54 Å². The van der Waals surface area contributed by atoms with Gasteiger partial charge in [0.1, 0.15) is 11.3 Å². The third-order valence-electron chi connectivity index (χ3n) is 4.25. The van der Waals surface area contributed by atoms with Crippen LogP contribution in [0, 0.1) is 11.8 Å². The van der Waals surface area contributed by atoms with Crippen LogP contribution < -0.4 is 0 Å². The van der Waals surface area contributed by atoms with Crippen molar-refractivity contribution in [3.63, 3.8) is 0 Å². The third-order valence-corrected chi connectivity index (χ3v) is 4.25. The molecule has 4 nitrogen and oxygen atoms in total. The average Bonchev–Trinajstić information content (AvgIpc) is 2.95. The first-order valence-corrected chi connectivity index (χ1v) is 7.21. The Morgan fingerprint density at radius 1 is 1.50 bits per heavy atom. The Morgan fingerprint density at radius 2 is 2.20 bits per heavy atom. The molecule has 1 heterocycles. The Kier molecular flexibility index (Phi) is 3.04. The minimum Gasteiger partial charge on any atom is -0.478 e. The number of hydrogen-bond donors (Lipinski definition) is 1. The average molecular weight is 272 g/mol. The zero-order valence-electron chi connectivity index (χ0n) is 12.1. The standard InChI is InChI=1S/C16H20N2O2/c1-9(2)15-17-14-12(16(19)20)5-4-6-13(14)18(15)8-11-7-10(11)3/h4-6,9-11H,7-8H2,1-3H3,(H,19,20). The summed E-state index contributed by atoms with van der Waals surface area (Å²) in [4.78, 5) is 16.0. The van der Waals surface area contributed by atoms with Crippen LogP contribution in [0.2, 0.25) is 0 Å². The first-order valence-electron chi connectivity index (χ1n) is 7.21. The molecule has 0 bridgehead atoms. The first kappa shape index (κ1) is 13.2. The molecule has 0 amide bonds. The summed E-state index contributed by atoms with van der Waals surface area (Å²) >= 11 is 0. The number of para-hydroxylation sites is 1. The molecule has 1 aromatic carbocycles. The first-order chi connectivity index (χ1) is 9.49. The molecule has 1 N–H and O–H groups in total. The molecule has 1 fully saturated rings. The molecule has 0 aliphatic heterocycles. The quantitative estimate of drug-likeness (QED) is 0.926. The monoisotopic (exact) mass is 272 g/mol. The Bertz CT molecular complexity index is 672. The van der Waals surface area contributed by atoms with Crippen molar-refractivity contribution in [2.75, 3.05) is 0 Å². The Labute approximate surface area is 118 Å². The number of benzene rings is 1. The highest BCUT2D eigenvalue weighted by Gasteiger charge is 2.34. The summed E-state index contributed by atoms with van der Waals surface area (Å²) in [6.45, 7) is 7.43. The van der Waals surface area contributed by atoms with Gasteiger partial charge in [0.05, 0.1) is 11.1 Å². The predicted octanol–water partition coefficient (Wildman–Crippen LogP) is 3.51. The van der Waals surface area contributed by atoms with Gasteiger partial charge in [-0.1, -0.05) is 26.8 Å². The lowest BCUT2D eigenvalue weighted by Gasteiger charge is -2.11. The van der Waals surface area contributed by atoms with Gasteiger partial charge < -0.3 is 9.67 Å². The minimum absolute atomic E-state index is 0.290. The van der Waals surface area contributed by atoms with Crippen molar-refractivity contribution < 1.29 is 9.90 Å². The highest BCUT2D eigenvalue weighted by molar-refractivity contribution is 6.01. The van der Waals surface area contributed by atoms with Gasteiger partial charge in [-0.05, 0) is 30.4 Å². The summed E-state index contributed by atoms with van der Waals surface area (Å²) in [5, 5.41) is 9.31. The van der Waals surface area contributed by atoms with E-state index >= 15 is 0 Å². The van der Waals surface area contributed by atoms with Crippen LogP contribution >= 0.6 is 0 Å². The highest BCUT2D eigenvalue weighted by atomic mass is 16.4. The number of aromatic nitrogens is 2. The Hall–Kier alpha value is -1.84. The van der Waals surface area contributed by atoms with Crippen molar-refractivity contribution in [3.05, 3.63) is 29.6 Å². The van der Waals surface area contributed by atoms with Gasteiger partial charge in [-0.25, -0.2) is 9.78 Å². The van der Waals surface area contributed by atoms with Gasteiger partial charge in [0.15, 0.2) is 0 Å². The molecule has 2 aromatic rings. The molecule has 2 atom stereocenters. The fraction of sp³-hybridized carbons (Fsp3) is 0.500. The summed E-state index contributed by atoms with van der Waals surface area (Å²) in [7, 11) is 0. The van der Waals surface area contributed by atoms with Gasteiger partial charge in [0.25, 0.3) is 0 Å². The van der Waals surface area contributed by atoms with Crippen molar-refractivity contribution in [2.24, 2.45) is 11.8 Å². The number of carboxylic acid groups (broad SMARTS) is 1. The number of nitrogens with zero attached hydrogens (tertiary/aromatic N) is 2. The van der Waals surface area contributed by atoms with Crippen molar-refractivity contribution in [3.8, 4) is 0 Å². The molecule has 3 rings (SSSR count). The van der Waals surface area contributed by atoms with E-state index < -0.39 is 5.97 Å². The van der Waals surface area contributed by atoms with Crippen LogP contribution in [0.5, 0.6) is 0 Å². The Balaban J connectivity index is 2.16. The van der Waals surface area contributed by atoms with Crippen molar-refractivity contribution in [1.82, 2.24) is 9.55 Å². The van der Waals surface area contributed by atoms with Crippen LogP contribution in [0.25, 0.3) is 11.0 Å². The van der Waals surface area contributed by atoms with Gasteiger partial charge in [0.2, 0.25) is 0 Å². The van der Waals surface area contributed by atoms with Crippen molar-refractivity contribution in [1.29, 1.82) is 0 Å². The smallest absolute Gasteiger partial charge is 0.337 e. The van der Waals surface area contributed by atoms with E-state index in [0.29, 0.717) is 17.0 Å². The van der Waals surface area contributed by atoms with E-state index in [9.17, 15) is 9.90 Å². The lowest BCUT2D eigenvalue weighted by atomic mass is 10.2. The van der Waals surface area contributed by atoms with Crippen molar-refractivity contribution in [2.45, 2.75) is 39.7 Å². The maximum atomic E-state index is 11.3. The molecule has 1 aliphatic rings. The molecule has 1 aromatic heterocycles. The predicted molar refractivity (Wildman–Crippen MR) is 78.1 cm³/mol. The number of imidazole rings is 1. The summed E-state index contributed by atoms with van der Waals surface area (Å²) in [6, 6.07) is 5.42. The molecule has 0 radical (unpaired) electrons. The molecule has 20 heavy (non-hydrogen) atoms. The maximum absolute atomic E-state index is 11.3. The molecule has 2 unspecified atom stereocenters. The van der Waals surface area contributed by atoms with Crippen molar-refractivity contribution >= 4 is 17.0 Å². The maximum Gasteiger partial charge on any atom is 0.337 e. The topological polar surface area (TPSA) is 55.1 Å². The van der Waals surface area contributed by atoms with Gasteiger partial charge >= 0.3 is 5.97 Å². The largest absolute Gasteiger partial charge is 0.478 e. The molecular formula is C16H20N2O2. The van der Waals surface area contributed by atoms with E-state index in [1.165, 1.54) is 6.42 Å². The third kappa shape index (κ3) is 2.09. The van der Waals surface area contributed by atoms with E-state index in [-0.39, 0.29) is 5.92 Å². The SMILES string of the molecule is CC(C)c1nc2c(C(=O)O)cccc2n1CC1CC1C. The molecule has 4 heteroatoms. The second-order valence-corrected chi connectivity index (χ2v) is 6.19. The van der Waals surface area contributed by atoms with E-state index in [4.69, 9.17) is 0 Å². The molecule has 0 saturated heterocycles. The van der Waals surface area contributed by atoms with E-state index in [2.05, 4.69) is 30.3 Å². The lowest BCUT2D eigenvalue weighted by molar-refractivity contribution is 0.0699. The summed E-state index contributed by atoms with van der Waals surface area (Å²) in [5.74, 6) is 1.86. The second-order valence-electron chi connectivity index (χ2n) is 6.19. The highest BCUT2D eigenvalue weighted by Crippen LogP contribution is 2.40. The van der Waals surface area contributed by atoms with Gasteiger partial charge in [-0.3, -0.25) is 0 Å². The number of aromatic carboxylic acids is 1. The number of fused-ring (bicyclic) bond motifs is 1. The molecule has 1 saturated carbocycles. The minimum atomic E-state index is -0.907. The fourth-order valence-electron chi connectivity index (χ4n) is 2.86. The van der Waals surface area contributed by atoms with E-state index in [1.807, 2.05) is 12.1 Å². The summed E-state index contributed by atoms with van der Waals surface area (Å²) in [6.07, 6.45) is 1.26. The second kappa shape index (κ2) is 4.62. The van der Waals surface area contributed by atoms with E-state index in [1.54, 1.807) is 6.07 Å². The van der Waals surface area contributed by atoms with Crippen LogP contribution in [0.1, 0.15) is 49.3 Å². The van der Waals surface area contributed by atoms with Crippen LogP contribution in [-0.4, -0.2) is 20.6 Å². The van der Waals surface area contributed by atoms with Gasteiger partial charge in [-0.15, -0.1) is 0 Å². The molecule has 0 spiro atoms. The normalized spacial score (nSPS) is 21.6. The van der Waals surface area contributed by atoms with E-state index in [0.717, 1.165) is 23.8 Å². The zero-order valence-corrected chi connectivity index (χ0v) is 12.1. The summed E-state index contributed by atoms with van der Waals surface area (Å²) in [5.41, 5.74) is 1.87. The van der Waals surface area contributed by atoms with Gasteiger partial charge in [-0.2, -0.15) is 0 Å². The fourth-order valence-corrected chi connectivity index (χ4v) is 2.86. The van der Waals surface area contributed by atoms with Crippen LogP contribution in [0.15, 0.2) is 18.2 Å². The Morgan fingerprint density at radius 3 is 2.75 bits per heavy atom. The lowest BCUT2D eigenvalue weighted by Crippen LogP contribution is -2.07. The number of rotatable bonds is 4. The number of carbonyl (C=O) groups is 1. The van der Waals surface area contributed by atoms with Crippen LogP contribution in [0.4, 0.5) is 0 Å². The zero-order chi connectivity index (χ0) is 14.4. The number of carboxylic acids is 1. The number of hydrogen-bond acceptors (Lipinski definition) is 2. The molecule has 106 valence electrons. The molecule has 1 aliphatic carbocycles. The summed E-state index contributed by atoms with van der Waals surface area (Å²) < 4.78 is 2.22. The molecular weight excluding hydrogens is 252 g/mol. The van der Waals surface area contributed by atoms with Crippen LogP contribution in [0.3, 0.4) is 0 Å². The van der Waals surface area contributed by atoms with Gasteiger partial charge in [0, 0.05) is 12.5 Å².